The maximum absolute atomic E-state index is 13.0. The normalized spacial score (nSPS) is 25.4. The number of hydrogen-bond donors (Lipinski definition) is 3. The fourth-order valence-electron chi connectivity index (χ4n) is 4.33. The Kier molecular flexibility index (Phi) is 2.38. The number of benzene rings is 2. The minimum absolute atomic E-state index is 0.0538. The Morgan fingerprint density at radius 2 is 1.91 bits per heavy atom. The molecule has 4 heteroatoms. The number of rotatable bonds is 0. The Balaban J connectivity index is 1.88. The van der Waals surface area contributed by atoms with Gasteiger partial charge in [0.1, 0.15) is 0 Å². The van der Waals surface area contributed by atoms with Crippen LogP contribution in [0.5, 0.6) is 0 Å². The number of amides is 1. The number of carbonyl (C=O) groups is 1. The van der Waals surface area contributed by atoms with Gasteiger partial charge in [-0.2, -0.15) is 0 Å². The first-order chi connectivity index (χ1) is 11.2. The first-order valence-electron chi connectivity index (χ1n) is 8.07. The third-order valence-electron chi connectivity index (χ3n) is 5.23. The number of nitrogens with one attached hydrogen (secondary N) is 2. The molecule has 3 aromatic rings. The lowest BCUT2D eigenvalue weighted by molar-refractivity contribution is -0.742. The number of quaternary nitrogens is 1. The summed E-state index contributed by atoms with van der Waals surface area (Å²) in [6.45, 7) is 2.20. The molecule has 2 atom stereocenters. The number of nitrogens with two attached hydrogens (primary N) is 1. The SMILES string of the molecule is CC1Cc2c([nH]c3ccccc23)C2([NH2+]1)C(=O)Nc1ccccc12. The van der Waals surface area contributed by atoms with Crippen molar-refractivity contribution >= 4 is 22.5 Å². The molecule has 114 valence electrons. The largest absolute Gasteiger partial charge is 0.352 e. The van der Waals surface area contributed by atoms with Gasteiger partial charge in [-0.3, -0.25) is 4.79 Å². The number of H-pyrrole nitrogens is 1. The predicted octanol–water partition coefficient (Wildman–Crippen LogP) is 1.87. The fourth-order valence-corrected chi connectivity index (χ4v) is 4.33. The fraction of sp³-hybridized carbons (Fsp3) is 0.211. The van der Waals surface area contributed by atoms with Crippen LogP contribution in [0.2, 0.25) is 0 Å². The molecular formula is C19H18N3O+. The van der Waals surface area contributed by atoms with Crippen molar-refractivity contribution in [3.8, 4) is 0 Å². The molecule has 0 saturated heterocycles. The van der Waals surface area contributed by atoms with Crippen LogP contribution in [0.4, 0.5) is 5.69 Å². The molecule has 0 bridgehead atoms. The zero-order valence-electron chi connectivity index (χ0n) is 12.9. The molecule has 23 heavy (non-hydrogen) atoms. The van der Waals surface area contributed by atoms with E-state index in [1.165, 1.54) is 10.9 Å². The Bertz CT molecular complexity index is 958. The van der Waals surface area contributed by atoms with Crippen molar-refractivity contribution in [3.63, 3.8) is 0 Å². The van der Waals surface area contributed by atoms with Crippen LogP contribution in [0.15, 0.2) is 48.5 Å². The van der Waals surface area contributed by atoms with Crippen LogP contribution < -0.4 is 10.6 Å². The van der Waals surface area contributed by atoms with Crippen molar-refractivity contribution in [2.45, 2.75) is 24.9 Å². The van der Waals surface area contributed by atoms with Gasteiger partial charge < -0.3 is 15.6 Å². The van der Waals surface area contributed by atoms with Gasteiger partial charge in [0.15, 0.2) is 0 Å². The Morgan fingerprint density at radius 3 is 2.83 bits per heavy atom. The molecule has 0 saturated carbocycles. The van der Waals surface area contributed by atoms with E-state index in [-0.39, 0.29) is 5.91 Å². The van der Waals surface area contributed by atoms with Gasteiger partial charge in [-0.1, -0.05) is 30.3 Å². The van der Waals surface area contributed by atoms with Gasteiger partial charge in [-0.25, -0.2) is 0 Å². The van der Waals surface area contributed by atoms with Crippen LogP contribution >= 0.6 is 0 Å². The summed E-state index contributed by atoms with van der Waals surface area (Å²) < 4.78 is 0. The number of hydrogen-bond acceptors (Lipinski definition) is 1. The summed E-state index contributed by atoms with van der Waals surface area (Å²) >= 11 is 0. The van der Waals surface area contributed by atoms with Crippen molar-refractivity contribution in [1.82, 2.24) is 4.98 Å². The van der Waals surface area contributed by atoms with Crippen molar-refractivity contribution in [2.75, 3.05) is 5.32 Å². The summed E-state index contributed by atoms with van der Waals surface area (Å²) in [4.78, 5) is 16.6. The highest BCUT2D eigenvalue weighted by Crippen LogP contribution is 2.42. The topological polar surface area (TPSA) is 61.5 Å². The van der Waals surface area contributed by atoms with E-state index in [1.807, 2.05) is 24.3 Å². The lowest BCUT2D eigenvalue weighted by atomic mass is 9.80. The Hall–Kier alpha value is -2.59. The first-order valence-corrected chi connectivity index (χ1v) is 8.07. The summed E-state index contributed by atoms with van der Waals surface area (Å²) in [6, 6.07) is 16.7. The third kappa shape index (κ3) is 1.51. The standard InChI is InChI=1S/C19H17N3O/c1-11-10-13-12-6-2-4-8-15(12)20-17(13)19(22-11)14-7-3-5-9-16(14)21-18(19)23/h2-9,11,20,22H,10H2,1H3,(H,21,23)/p+1. The molecule has 2 aliphatic rings. The van der Waals surface area contributed by atoms with E-state index in [9.17, 15) is 4.79 Å². The number of aromatic amines is 1. The van der Waals surface area contributed by atoms with Crippen LogP contribution in [0.1, 0.15) is 23.7 Å². The highest BCUT2D eigenvalue weighted by Gasteiger charge is 2.57. The van der Waals surface area contributed by atoms with Crippen molar-refractivity contribution in [3.05, 3.63) is 65.4 Å². The van der Waals surface area contributed by atoms with Gasteiger partial charge in [-0.05, 0) is 30.7 Å². The Labute approximate surface area is 133 Å². The quantitative estimate of drug-likeness (QED) is 0.583. The van der Waals surface area contributed by atoms with E-state index in [2.05, 4.69) is 46.8 Å². The summed E-state index contributed by atoms with van der Waals surface area (Å²) in [5.74, 6) is 0.0538. The van der Waals surface area contributed by atoms with E-state index in [4.69, 9.17) is 0 Å². The second-order valence-corrected chi connectivity index (χ2v) is 6.68. The van der Waals surface area contributed by atoms with E-state index < -0.39 is 5.54 Å². The maximum Gasteiger partial charge on any atom is 0.297 e. The molecule has 3 heterocycles. The van der Waals surface area contributed by atoms with Crippen LogP contribution in [0.3, 0.4) is 0 Å². The van der Waals surface area contributed by atoms with Gasteiger partial charge in [-0.15, -0.1) is 0 Å². The van der Waals surface area contributed by atoms with E-state index in [0.717, 1.165) is 28.9 Å². The second kappa shape index (κ2) is 4.24. The third-order valence-corrected chi connectivity index (χ3v) is 5.23. The van der Waals surface area contributed by atoms with Crippen LogP contribution in [-0.2, 0) is 16.8 Å². The van der Waals surface area contributed by atoms with Gasteiger partial charge in [0.05, 0.1) is 23.0 Å². The van der Waals surface area contributed by atoms with Crippen LogP contribution in [0.25, 0.3) is 10.9 Å². The first kappa shape index (κ1) is 12.9. The molecule has 2 unspecified atom stereocenters. The molecule has 1 amide bonds. The van der Waals surface area contributed by atoms with Crippen LogP contribution in [-0.4, -0.2) is 16.9 Å². The molecule has 4 nitrogen and oxygen atoms in total. The summed E-state index contributed by atoms with van der Waals surface area (Å²) in [5, 5.41) is 6.52. The molecule has 4 N–H and O–H groups in total. The molecule has 5 rings (SSSR count). The van der Waals surface area contributed by atoms with E-state index in [1.54, 1.807) is 0 Å². The minimum Gasteiger partial charge on any atom is -0.352 e. The van der Waals surface area contributed by atoms with Gasteiger partial charge >= 0.3 is 0 Å². The van der Waals surface area contributed by atoms with Gasteiger partial charge in [0.2, 0.25) is 5.54 Å². The molecule has 0 fully saturated rings. The molecule has 1 aromatic heterocycles. The summed E-state index contributed by atoms with van der Waals surface area (Å²) in [5.41, 5.74) is 4.72. The minimum atomic E-state index is -0.692. The molecular weight excluding hydrogens is 286 g/mol. The summed E-state index contributed by atoms with van der Waals surface area (Å²) in [6.07, 6.45) is 0.969. The van der Waals surface area contributed by atoms with E-state index in [0.29, 0.717) is 6.04 Å². The lowest BCUT2D eigenvalue weighted by Crippen LogP contribution is -3.02. The smallest absolute Gasteiger partial charge is 0.297 e. The number of aromatic nitrogens is 1. The van der Waals surface area contributed by atoms with Crippen molar-refractivity contribution < 1.29 is 10.1 Å². The molecule has 1 spiro atoms. The zero-order valence-corrected chi connectivity index (χ0v) is 12.9. The number of fused-ring (bicyclic) bond motifs is 6. The number of anilines is 1. The predicted molar refractivity (Wildman–Crippen MR) is 89.2 cm³/mol. The molecule has 2 aromatic carbocycles. The highest BCUT2D eigenvalue weighted by atomic mass is 16.2. The average Bonchev–Trinajstić information content (AvgIpc) is 3.05. The monoisotopic (exact) mass is 304 g/mol. The zero-order chi connectivity index (χ0) is 15.6. The number of para-hydroxylation sites is 2. The maximum atomic E-state index is 13.0. The summed E-state index contributed by atoms with van der Waals surface area (Å²) in [7, 11) is 0. The van der Waals surface area contributed by atoms with Crippen molar-refractivity contribution in [1.29, 1.82) is 0 Å². The molecule has 0 aliphatic carbocycles. The number of carbonyl (C=O) groups excluding carboxylic acids is 1. The van der Waals surface area contributed by atoms with Crippen LogP contribution in [0, 0.1) is 0 Å². The molecule has 2 aliphatic heterocycles. The van der Waals surface area contributed by atoms with Gasteiger partial charge in [0.25, 0.3) is 5.91 Å². The average molecular weight is 304 g/mol. The second-order valence-electron chi connectivity index (χ2n) is 6.68. The highest BCUT2D eigenvalue weighted by molar-refractivity contribution is 6.08. The lowest BCUT2D eigenvalue weighted by Gasteiger charge is -2.33. The van der Waals surface area contributed by atoms with Gasteiger partial charge in [0, 0.05) is 17.3 Å². The Morgan fingerprint density at radius 1 is 1.13 bits per heavy atom. The van der Waals surface area contributed by atoms with E-state index >= 15 is 0 Å². The molecule has 0 radical (unpaired) electrons. The van der Waals surface area contributed by atoms with Crippen molar-refractivity contribution in [2.24, 2.45) is 0 Å².